The zero-order valence-corrected chi connectivity index (χ0v) is 23.8. The molecule has 2 unspecified atom stereocenters. The van der Waals surface area contributed by atoms with Crippen molar-refractivity contribution in [1.82, 2.24) is 15.5 Å². The van der Waals surface area contributed by atoms with Gasteiger partial charge >= 0.3 is 0 Å². The van der Waals surface area contributed by atoms with Gasteiger partial charge in [0.15, 0.2) is 0 Å². The first-order valence-corrected chi connectivity index (χ1v) is 14.1. The third-order valence-electron chi connectivity index (χ3n) is 8.19. The Morgan fingerprint density at radius 3 is 2.45 bits per heavy atom. The van der Waals surface area contributed by atoms with Crippen LogP contribution in [0, 0.1) is 17.3 Å². The highest BCUT2D eigenvalue weighted by molar-refractivity contribution is 5.99. The quantitative estimate of drug-likeness (QED) is 0.434. The number of fused-ring (bicyclic) bond motifs is 1. The third kappa shape index (κ3) is 5.34. The molecule has 8 heteroatoms. The second kappa shape index (κ2) is 10.6. The van der Waals surface area contributed by atoms with E-state index in [9.17, 15) is 19.5 Å². The SMILES string of the molecule is CCCNC(=O)[C@@H]1[C@@H]2CCC3(O2)C(C(=O)NC(C)(C)CC(C)(C)C)N([C@@H](CO)Cc2ccccc2)C(=O)[C@H]13. The van der Waals surface area contributed by atoms with Crippen molar-refractivity contribution in [2.45, 2.75) is 103 Å². The van der Waals surface area contributed by atoms with Crippen LogP contribution in [0.2, 0.25) is 0 Å². The smallest absolute Gasteiger partial charge is 0.246 e. The minimum atomic E-state index is -1.08. The lowest BCUT2D eigenvalue weighted by Crippen LogP contribution is -2.61. The minimum Gasteiger partial charge on any atom is -0.394 e. The lowest BCUT2D eigenvalue weighted by molar-refractivity contribution is -0.146. The summed E-state index contributed by atoms with van der Waals surface area (Å²) in [5.74, 6) is -2.12. The van der Waals surface area contributed by atoms with Crippen LogP contribution in [0.3, 0.4) is 0 Å². The number of hydrogen-bond donors (Lipinski definition) is 3. The summed E-state index contributed by atoms with van der Waals surface area (Å²) < 4.78 is 6.53. The highest BCUT2D eigenvalue weighted by Gasteiger charge is 2.75. The van der Waals surface area contributed by atoms with Gasteiger partial charge in [0.05, 0.1) is 30.6 Å². The topological polar surface area (TPSA) is 108 Å². The van der Waals surface area contributed by atoms with E-state index in [1.54, 1.807) is 4.90 Å². The Balaban J connectivity index is 1.72. The van der Waals surface area contributed by atoms with Gasteiger partial charge < -0.3 is 25.4 Å². The van der Waals surface area contributed by atoms with Gasteiger partial charge in [0.2, 0.25) is 17.7 Å². The van der Waals surface area contributed by atoms with Crippen LogP contribution in [0.5, 0.6) is 0 Å². The van der Waals surface area contributed by atoms with E-state index < -0.39 is 35.1 Å². The maximum atomic E-state index is 14.2. The van der Waals surface area contributed by atoms with Gasteiger partial charge in [0.25, 0.3) is 0 Å². The van der Waals surface area contributed by atoms with Crippen LogP contribution in [0.4, 0.5) is 0 Å². The molecule has 3 N–H and O–H groups in total. The average Bonchev–Trinajstić information content (AvgIpc) is 3.47. The van der Waals surface area contributed by atoms with Gasteiger partial charge in [-0.15, -0.1) is 0 Å². The molecule has 3 aliphatic heterocycles. The van der Waals surface area contributed by atoms with Crippen molar-refractivity contribution in [3.05, 3.63) is 35.9 Å². The lowest BCUT2D eigenvalue weighted by atomic mass is 9.70. The molecule has 4 rings (SSSR count). The highest BCUT2D eigenvalue weighted by atomic mass is 16.5. The van der Waals surface area contributed by atoms with Crippen molar-refractivity contribution >= 4 is 17.7 Å². The Labute approximate surface area is 226 Å². The van der Waals surface area contributed by atoms with Crippen LogP contribution in [-0.4, -0.2) is 70.2 Å². The summed E-state index contributed by atoms with van der Waals surface area (Å²) in [5, 5.41) is 16.7. The first-order valence-electron chi connectivity index (χ1n) is 14.1. The van der Waals surface area contributed by atoms with Crippen molar-refractivity contribution in [2.24, 2.45) is 17.3 Å². The average molecular weight is 528 g/mol. The molecule has 1 aromatic rings. The van der Waals surface area contributed by atoms with E-state index in [2.05, 4.69) is 31.4 Å². The number of rotatable bonds is 10. The molecule has 3 amide bonds. The van der Waals surface area contributed by atoms with Gasteiger partial charge in [-0.25, -0.2) is 0 Å². The Morgan fingerprint density at radius 1 is 1.16 bits per heavy atom. The molecular formula is C30H45N3O5. The Kier molecular flexibility index (Phi) is 7.97. The molecule has 3 aliphatic rings. The molecule has 2 bridgehead atoms. The van der Waals surface area contributed by atoms with Crippen LogP contribution < -0.4 is 10.6 Å². The van der Waals surface area contributed by atoms with Crippen molar-refractivity contribution in [1.29, 1.82) is 0 Å². The number of ether oxygens (including phenoxy) is 1. The number of carbonyl (C=O) groups excluding carboxylic acids is 3. The first-order chi connectivity index (χ1) is 17.8. The predicted octanol–water partition coefficient (Wildman–Crippen LogP) is 2.82. The number of likely N-dealkylation sites (tertiary alicyclic amines) is 1. The number of nitrogens with zero attached hydrogens (tertiary/aromatic N) is 1. The van der Waals surface area contributed by atoms with Crippen LogP contribution >= 0.6 is 0 Å². The van der Waals surface area contributed by atoms with Crippen molar-refractivity contribution in [3.8, 4) is 0 Å². The van der Waals surface area contributed by atoms with Gasteiger partial charge in [-0.2, -0.15) is 0 Å². The molecule has 8 nitrogen and oxygen atoms in total. The largest absolute Gasteiger partial charge is 0.394 e. The van der Waals surface area contributed by atoms with Gasteiger partial charge in [-0.3, -0.25) is 14.4 Å². The van der Waals surface area contributed by atoms with Crippen molar-refractivity contribution in [2.75, 3.05) is 13.2 Å². The Bertz CT molecular complexity index is 1040. The van der Waals surface area contributed by atoms with Crippen molar-refractivity contribution in [3.63, 3.8) is 0 Å². The standard InChI is InChI=1S/C30H45N3O5/c1-7-15-31-25(35)22-21-13-14-30(38-21)23(22)27(37)33(20(17-34)16-19-11-9-8-10-12-19)24(30)26(36)32-29(5,6)18-28(2,3)4/h8-12,20-24,34H,7,13-18H2,1-6H3,(H,31,35)(H,32,36)/t20-,21+,22-,23+,24?,30?/m1/s1. The molecule has 38 heavy (non-hydrogen) atoms. The first kappa shape index (κ1) is 28.6. The number of carbonyl (C=O) groups is 3. The molecule has 0 radical (unpaired) electrons. The number of benzene rings is 1. The van der Waals surface area contributed by atoms with Gasteiger partial charge in [-0.1, -0.05) is 58.0 Å². The predicted molar refractivity (Wildman–Crippen MR) is 145 cm³/mol. The monoisotopic (exact) mass is 527 g/mol. The fourth-order valence-electron chi connectivity index (χ4n) is 7.36. The van der Waals surface area contributed by atoms with Gasteiger partial charge in [0.1, 0.15) is 11.6 Å². The number of aliphatic hydroxyl groups excluding tert-OH is 1. The van der Waals surface area contributed by atoms with E-state index >= 15 is 0 Å². The van der Waals surface area contributed by atoms with E-state index in [1.807, 2.05) is 51.1 Å². The highest BCUT2D eigenvalue weighted by Crippen LogP contribution is 2.59. The summed E-state index contributed by atoms with van der Waals surface area (Å²) in [4.78, 5) is 43.2. The maximum absolute atomic E-state index is 14.2. The lowest BCUT2D eigenvalue weighted by Gasteiger charge is -2.40. The maximum Gasteiger partial charge on any atom is 0.246 e. The molecular weight excluding hydrogens is 482 g/mol. The summed E-state index contributed by atoms with van der Waals surface area (Å²) in [7, 11) is 0. The van der Waals surface area contributed by atoms with Crippen molar-refractivity contribution < 1.29 is 24.2 Å². The second-order valence-corrected chi connectivity index (χ2v) is 13.2. The molecule has 0 aliphatic carbocycles. The zero-order valence-electron chi connectivity index (χ0n) is 23.8. The summed E-state index contributed by atoms with van der Waals surface area (Å²) in [6.45, 7) is 12.6. The van der Waals surface area contributed by atoms with Gasteiger partial charge in [0, 0.05) is 12.1 Å². The normalized spacial score (nSPS) is 29.3. The molecule has 210 valence electrons. The summed E-state index contributed by atoms with van der Waals surface area (Å²) >= 11 is 0. The molecule has 6 atom stereocenters. The third-order valence-corrected chi connectivity index (χ3v) is 8.19. The van der Waals surface area contributed by atoms with Crippen LogP contribution in [0.1, 0.15) is 72.8 Å². The van der Waals surface area contributed by atoms with E-state index in [4.69, 9.17) is 4.74 Å². The number of nitrogens with one attached hydrogen (secondary N) is 2. The fourth-order valence-corrected chi connectivity index (χ4v) is 7.36. The zero-order chi connectivity index (χ0) is 27.9. The molecule has 3 saturated heterocycles. The summed E-state index contributed by atoms with van der Waals surface area (Å²) in [6, 6.07) is 8.12. The Hall–Kier alpha value is -2.45. The Morgan fingerprint density at radius 2 is 1.84 bits per heavy atom. The van der Waals surface area contributed by atoms with E-state index in [1.165, 1.54) is 0 Å². The number of hydrogen-bond acceptors (Lipinski definition) is 5. The summed E-state index contributed by atoms with van der Waals surface area (Å²) in [6.07, 6.45) is 2.70. The van der Waals surface area contributed by atoms with E-state index in [-0.39, 0.29) is 35.8 Å². The molecule has 3 heterocycles. The molecule has 0 aromatic heterocycles. The van der Waals surface area contributed by atoms with Gasteiger partial charge in [-0.05, 0) is 56.9 Å². The molecule has 1 spiro atoms. The molecule has 3 fully saturated rings. The minimum absolute atomic E-state index is 0.0193. The molecule has 0 saturated carbocycles. The van der Waals surface area contributed by atoms with Crippen LogP contribution in [0.15, 0.2) is 30.3 Å². The second-order valence-electron chi connectivity index (χ2n) is 13.2. The van der Waals surface area contributed by atoms with E-state index in [0.29, 0.717) is 25.8 Å². The van der Waals surface area contributed by atoms with Crippen LogP contribution in [0.25, 0.3) is 0 Å². The van der Waals surface area contributed by atoms with Crippen LogP contribution in [-0.2, 0) is 25.5 Å². The van der Waals surface area contributed by atoms with E-state index in [0.717, 1.165) is 18.4 Å². The number of aliphatic hydroxyl groups is 1. The molecule has 1 aromatic carbocycles. The fraction of sp³-hybridized carbons (Fsp3) is 0.700. The number of amides is 3. The summed E-state index contributed by atoms with van der Waals surface area (Å²) in [5.41, 5.74) is -0.665.